The molecule has 0 radical (unpaired) electrons. The molecule has 5 heteroatoms. The molecule has 0 aliphatic carbocycles. The van der Waals surface area contributed by atoms with Gasteiger partial charge in [-0.15, -0.1) is 0 Å². The van der Waals surface area contributed by atoms with Crippen LogP contribution in [0, 0.1) is 0 Å². The number of carbonyl (C=O) groups is 1. The largest absolute Gasteiger partial charge is 0.383 e. The molecule has 1 rings (SSSR count). The number of amides is 1. The zero-order chi connectivity index (χ0) is 12.7. The summed E-state index contributed by atoms with van der Waals surface area (Å²) >= 11 is 0. The van der Waals surface area contributed by atoms with Gasteiger partial charge in [0.15, 0.2) is 0 Å². The summed E-state index contributed by atoms with van der Waals surface area (Å²) in [5.74, 6) is 0.156. The van der Waals surface area contributed by atoms with Crippen LogP contribution in [0.4, 0.5) is 0 Å². The van der Waals surface area contributed by atoms with Gasteiger partial charge in [-0.3, -0.25) is 4.79 Å². The summed E-state index contributed by atoms with van der Waals surface area (Å²) in [5, 5.41) is 3.09. The first-order valence-corrected chi connectivity index (χ1v) is 6.29. The van der Waals surface area contributed by atoms with Crippen LogP contribution >= 0.6 is 0 Å². The lowest BCUT2D eigenvalue weighted by Crippen LogP contribution is -2.53. The third-order valence-electron chi connectivity index (χ3n) is 3.02. The number of morpholine rings is 1. The van der Waals surface area contributed by atoms with Crippen LogP contribution < -0.4 is 5.32 Å². The zero-order valence-corrected chi connectivity index (χ0v) is 11.1. The molecule has 2 unspecified atom stereocenters. The molecular weight excluding hydrogens is 220 g/mol. The summed E-state index contributed by atoms with van der Waals surface area (Å²) in [6.45, 7) is 7.16. The number of ether oxygens (including phenoxy) is 2. The van der Waals surface area contributed by atoms with E-state index in [0.29, 0.717) is 32.8 Å². The van der Waals surface area contributed by atoms with Crippen LogP contribution in [-0.4, -0.2) is 62.9 Å². The minimum atomic E-state index is 0.140. The molecule has 1 saturated heterocycles. The lowest BCUT2D eigenvalue weighted by atomic mass is 10.1. The van der Waals surface area contributed by atoms with Crippen molar-refractivity contribution in [3.05, 3.63) is 0 Å². The van der Waals surface area contributed by atoms with Crippen LogP contribution in [0.15, 0.2) is 0 Å². The number of carbonyl (C=O) groups excluding carboxylic acids is 1. The molecule has 0 aromatic rings. The van der Waals surface area contributed by atoms with Crippen molar-refractivity contribution in [2.24, 2.45) is 0 Å². The number of nitrogens with one attached hydrogen (secondary N) is 1. The van der Waals surface area contributed by atoms with Crippen LogP contribution in [0.3, 0.4) is 0 Å². The number of nitrogens with zero attached hydrogens (tertiary/aromatic N) is 1. The molecule has 1 aliphatic heterocycles. The molecule has 100 valence electrons. The molecule has 1 aliphatic rings. The van der Waals surface area contributed by atoms with E-state index >= 15 is 0 Å². The van der Waals surface area contributed by atoms with Gasteiger partial charge in [-0.25, -0.2) is 0 Å². The van der Waals surface area contributed by atoms with Gasteiger partial charge in [0.1, 0.15) is 0 Å². The van der Waals surface area contributed by atoms with Crippen molar-refractivity contribution in [3.63, 3.8) is 0 Å². The SMILES string of the molecule is CCC1COC(C)CN1C(=O)CNCCOC. The van der Waals surface area contributed by atoms with E-state index < -0.39 is 0 Å². The van der Waals surface area contributed by atoms with E-state index in [0.717, 1.165) is 6.42 Å². The summed E-state index contributed by atoms with van der Waals surface area (Å²) in [4.78, 5) is 14.0. The molecule has 0 spiro atoms. The summed E-state index contributed by atoms with van der Waals surface area (Å²) in [7, 11) is 1.65. The maximum atomic E-state index is 12.0. The van der Waals surface area contributed by atoms with E-state index in [1.54, 1.807) is 7.11 Å². The van der Waals surface area contributed by atoms with Gasteiger partial charge in [0.05, 0.1) is 31.9 Å². The first-order valence-electron chi connectivity index (χ1n) is 6.29. The van der Waals surface area contributed by atoms with E-state index in [1.165, 1.54) is 0 Å². The van der Waals surface area contributed by atoms with Crippen molar-refractivity contribution in [3.8, 4) is 0 Å². The monoisotopic (exact) mass is 244 g/mol. The van der Waals surface area contributed by atoms with Crippen molar-refractivity contribution in [2.75, 3.05) is 40.0 Å². The second kappa shape index (κ2) is 7.63. The standard InChI is InChI=1S/C12H24N2O3/c1-4-11-9-17-10(2)8-14(11)12(15)7-13-5-6-16-3/h10-11,13H,4-9H2,1-3H3. The third-order valence-corrected chi connectivity index (χ3v) is 3.02. The lowest BCUT2D eigenvalue weighted by molar-refractivity contribution is -0.143. The summed E-state index contributed by atoms with van der Waals surface area (Å²) in [6, 6.07) is 0.225. The Kier molecular flexibility index (Phi) is 6.47. The average Bonchev–Trinajstić information content (AvgIpc) is 2.34. The molecular formula is C12H24N2O3. The Labute approximate surface area is 103 Å². The van der Waals surface area contributed by atoms with Gasteiger partial charge in [-0.05, 0) is 13.3 Å². The summed E-state index contributed by atoms with van der Waals surface area (Å²) < 4.78 is 10.5. The maximum absolute atomic E-state index is 12.0. The highest BCUT2D eigenvalue weighted by Crippen LogP contribution is 2.14. The van der Waals surface area contributed by atoms with Gasteiger partial charge >= 0.3 is 0 Å². The van der Waals surface area contributed by atoms with Crippen LogP contribution in [0.5, 0.6) is 0 Å². The predicted octanol–water partition coefficient (Wildman–Crippen LogP) is 0.248. The topological polar surface area (TPSA) is 50.8 Å². The molecule has 5 nitrogen and oxygen atoms in total. The predicted molar refractivity (Wildman–Crippen MR) is 66.0 cm³/mol. The number of methoxy groups -OCH3 is 1. The fraction of sp³-hybridized carbons (Fsp3) is 0.917. The van der Waals surface area contributed by atoms with Gasteiger partial charge in [-0.2, -0.15) is 0 Å². The van der Waals surface area contributed by atoms with Crippen molar-refractivity contribution in [1.82, 2.24) is 10.2 Å². The average molecular weight is 244 g/mol. The maximum Gasteiger partial charge on any atom is 0.236 e. The fourth-order valence-electron chi connectivity index (χ4n) is 1.96. The Balaban J connectivity index is 2.36. The second-order valence-corrected chi connectivity index (χ2v) is 4.42. The fourth-order valence-corrected chi connectivity index (χ4v) is 1.96. The van der Waals surface area contributed by atoms with Gasteiger partial charge < -0.3 is 19.7 Å². The highest BCUT2D eigenvalue weighted by Gasteiger charge is 2.28. The van der Waals surface area contributed by atoms with Gasteiger partial charge in [0.2, 0.25) is 5.91 Å². The van der Waals surface area contributed by atoms with E-state index in [2.05, 4.69) is 12.2 Å². The molecule has 1 N–H and O–H groups in total. The minimum Gasteiger partial charge on any atom is -0.383 e. The molecule has 1 fully saturated rings. The zero-order valence-electron chi connectivity index (χ0n) is 11.1. The number of hydrogen-bond donors (Lipinski definition) is 1. The molecule has 1 heterocycles. The van der Waals surface area contributed by atoms with E-state index in [1.807, 2.05) is 11.8 Å². The van der Waals surface area contributed by atoms with E-state index in [9.17, 15) is 4.79 Å². The normalized spacial score (nSPS) is 25.0. The van der Waals surface area contributed by atoms with Crippen LogP contribution in [0.2, 0.25) is 0 Å². The highest BCUT2D eigenvalue weighted by molar-refractivity contribution is 5.78. The van der Waals surface area contributed by atoms with Gasteiger partial charge in [-0.1, -0.05) is 6.92 Å². The smallest absolute Gasteiger partial charge is 0.236 e. The van der Waals surface area contributed by atoms with Gasteiger partial charge in [0.25, 0.3) is 0 Å². The van der Waals surface area contributed by atoms with E-state index in [-0.39, 0.29) is 18.1 Å². The Morgan fingerprint density at radius 2 is 2.35 bits per heavy atom. The van der Waals surface area contributed by atoms with Crippen molar-refractivity contribution in [2.45, 2.75) is 32.4 Å². The van der Waals surface area contributed by atoms with E-state index in [4.69, 9.17) is 9.47 Å². The van der Waals surface area contributed by atoms with Crippen LogP contribution in [0.1, 0.15) is 20.3 Å². The Hall–Kier alpha value is -0.650. The molecule has 0 aromatic heterocycles. The first-order chi connectivity index (χ1) is 8.19. The van der Waals surface area contributed by atoms with Crippen molar-refractivity contribution < 1.29 is 14.3 Å². The van der Waals surface area contributed by atoms with Gasteiger partial charge in [0, 0.05) is 20.2 Å². The number of rotatable bonds is 6. The Bertz CT molecular complexity index is 236. The molecule has 0 bridgehead atoms. The highest BCUT2D eigenvalue weighted by atomic mass is 16.5. The Morgan fingerprint density at radius 3 is 3.00 bits per heavy atom. The number of hydrogen-bond acceptors (Lipinski definition) is 4. The lowest BCUT2D eigenvalue weighted by Gasteiger charge is -2.38. The van der Waals surface area contributed by atoms with Crippen LogP contribution in [0.25, 0.3) is 0 Å². The molecule has 0 aromatic carbocycles. The second-order valence-electron chi connectivity index (χ2n) is 4.42. The molecule has 17 heavy (non-hydrogen) atoms. The van der Waals surface area contributed by atoms with Crippen LogP contribution in [-0.2, 0) is 14.3 Å². The summed E-state index contributed by atoms with van der Waals surface area (Å²) in [5.41, 5.74) is 0. The first kappa shape index (κ1) is 14.4. The molecule has 2 atom stereocenters. The molecule has 0 saturated carbocycles. The van der Waals surface area contributed by atoms with Crippen molar-refractivity contribution in [1.29, 1.82) is 0 Å². The van der Waals surface area contributed by atoms with Crippen molar-refractivity contribution >= 4 is 5.91 Å². The minimum absolute atomic E-state index is 0.140. The Morgan fingerprint density at radius 1 is 1.59 bits per heavy atom. The third kappa shape index (κ3) is 4.61. The molecule has 1 amide bonds. The quantitative estimate of drug-likeness (QED) is 0.680. The summed E-state index contributed by atoms with van der Waals surface area (Å²) in [6.07, 6.45) is 1.08.